The van der Waals surface area contributed by atoms with Crippen molar-refractivity contribution < 1.29 is 9.59 Å². The van der Waals surface area contributed by atoms with Gasteiger partial charge in [0.15, 0.2) is 0 Å². The monoisotopic (exact) mass is 199 g/mol. The first-order valence-electron chi connectivity index (χ1n) is 4.81. The van der Waals surface area contributed by atoms with Gasteiger partial charge in [0.1, 0.15) is 0 Å². The van der Waals surface area contributed by atoms with Crippen molar-refractivity contribution in [2.75, 3.05) is 40.3 Å². The van der Waals surface area contributed by atoms with Crippen LogP contribution in [0, 0.1) is 0 Å². The Balaban J connectivity index is 2.37. The fourth-order valence-electron chi connectivity index (χ4n) is 1.41. The largest absolute Gasteiger partial charge is 0.335 e. The van der Waals surface area contributed by atoms with Crippen LogP contribution in [0.1, 0.15) is 6.42 Å². The highest BCUT2D eigenvalue weighted by Gasteiger charge is 2.26. The maximum absolute atomic E-state index is 11.5. The van der Waals surface area contributed by atoms with Crippen LogP contribution >= 0.6 is 0 Å². The number of piperazine rings is 1. The molecule has 0 saturated carbocycles. The van der Waals surface area contributed by atoms with E-state index >= 15 is 0 Å². The van der Waals surface area contributed by atoms with Crippen LogP contribution < -0.4 is 5.32 Å². The predicted molar refractivity (Wildman–Crippen MR) is 52.8 cm³/mol. The number of rotatable bonds is 4. The summed E-state index contributed by atoms with van der Waals surface area (Å²) in [4.78, 5) is 25.8. The van der Waals surface area contributed by atoms with Gasteiger partial charge in [-0.3, -0.25) is 9.59 Å². The molecule has 2 amide bonds. The number of carbonyl (C=O) groups is 2. The molecule has 1 aliphatic rings. The third-order valence-corrected chi connectivity index (χ3v) is 2.33. The lowest BCUT2D eigenvalue weighted by Gasteiger charge is -2.31. The molecule has 0 radical (unpaired) electrons. The number of nitrogens with one attached hydrogen (secondary N) is 1. The van der Waals surface area contributed by atoms with Crippen molar-refractivity contribution >= 4 is 11.8 Å². The molecule has 1 heterocycles. The van der Waals surface area contributed by atoms with Crippen molar-refractivity contribution in [2.45, 2.75) is 6.42 Å². The first kappa shape index (κ1) is 11.0. The molecule has 1 rings (SSSR count). The average molecular weight is 199 g/mol. The van der Waals surface area contributed by atoms with E-state index in [1.54, 1.807) is 11.9 Å². The highest BCUT2D eigenvalue weighted by atomic mass is 16.2. The van der Waals surface area contributed by atoms with Crippen molar-refractivity contribution in [1.82, 2.24) is 15.1 Å². The molecule has 0 unspecified atom stereocenters. The van der Waals surface area contributed by atoms with Crippen molar-refractivity contribution in [3.8, 4) is 0 Å². The molecular weight excluding hydrogens is 182 g/mol. The topological polar surface area (TPSA) is 52.7 Å². The van der Waals surface area contributed by atoms with E-state index < -0.39 is 0 Å². The lowest BCUT2D eigenvalue weighted by atomic mass is 10.3. The van der Waals surface area contributed by atoms with Gasteiger partial charge in [0.05, 0.1) is 13.1 Å². The first-order chi connectivity index (χ1) is 6.65. The van der Waals surface area contributed by atoms with Gasteiger partial charge in [-0.25, -0.2) is 0 Å². The summed E-state index contributed by atoms with van der Waals surface area (Å²) in [5.41, 5.74) is 0. The van der Waals surface area contributed by atoms with Gasteiger partial charge < -0.3 is 15.1 Å². The van der Waals surface area contributed by atoms with E-state index in [-0.39, 0.29) is 24.9 Å². The molecule has 0 atom stereocenters. The summed E-state index contributed by atoms with van der Waals surface area (Å²) in [6.07, 6.45) is 0.888. The summed E-state index contributed by atoms with van der Waals surface area (Å²) in [6, 6.07) is 0. The maximum atomic E-state index is 11.5. The number of likely N-dealkylation sites (N-methyl/N-ethyl adjacent to an activating group) is 1. The van der Waals surface area contributed by atoms with E-state index in [9.17, 15) is 9.59 Å². The van der Waals surface area contributed by atoms with Crippen LogP contribution in [0.15, 0.2) is 0 Å². The second-order valence-corrected chi connectivity index (χ2v) is 3.52. The predicted octanol–water partition coefficient (Wildman–Crippen LogP) is -1.10. The molecule has 1 fully saturated rings. The van der Waals surface area contributed by atoms with E-state index in [2.05, 4.69) is 5.32 Å². The molecule has 1 saturated heterocycles. The van der Waals surface area contributed by atoms with Crippen LogP contribution in [-0.4, -0.2) is 61.9 Å². The van der Waals surface area contributed by atoms with Gasteiger partial charge in [-0.1, -0.05) is 0 Å². The molecular formula is C9H17N3O2. The summed E-state index contributed by atoms with van der Waals surface area (Å²) in [5.74, 6) is 0.0669. The second kappa shape index (κ2) is 4.95. The zero-order chi connectivity index (χ0) is 10.6. The zero-order valence-electron chi connectivity index (χ0n) is 8.75. The number of amides is 2. The van der Waals surface area contributed by atoms with Crippen LogP contribution in [-0.2, 0) is 9.59 Å². The molecule has 1 N–H and O–H groups in total. The summed E-state index contributed by atoms with van der Waals surface area (Å²) in [5, 5.41) is 3.01. The molecule has 80 valence electrons. The van der Waals surface area contributed by atoms with Crippen molar-refractivity contribution in [3.63, 3.8) is 0 Å². The zero-order valence-corrected chi connectivity index (χ0v) is 8.75. The molecule has 0 aromatic rings. The minimum atomic E-state index is 0.0223. The van der Waals surface area contributed by atoms with Crippen molar-refractivity contribution in [1.29, 1.82) is 0 Å². The summed E-state index contributed by atoms with van der Waals surface area (Å²) in [7, 11) is 3.53. The van der Waals surface area contributed by atoms with Crippen LogP contribution in [0.4, 0.5) is 0 Å². The Bertz CT molecular complexity index is 230. The van der Waals surface area contributed by atoms with E-state index in [0.29, 0.717) is 6.54 Å². The lowest BCUT2D eigenvalue weighted by molar-refractivity contribution is -0.148. The number of hydrogen-bond acceptors (Lipinski definition) is 3. The fraction of sp³-hybridized carbons (Fsp3) is 0.778. The standard InChI is InChI=1S/C9H17N3O2/c1-10-4-3-5-12-7-8(13)11(2)6-9(12)14/h10H,3-7H2,1-2H3. The SMILES string of the molecule is CNCCCN1CC(=O)N(C)CC1=O. The Morgan fingerprint density at radius 2 is 2.00 bits per heavy atom. The number of carbonyl (C=O) groups excluding carboxylic acids is 2. The molecule has 0 spiro atoms. The third kappa shape index (κ3) is 2.70. The van der Waals surface area contributed by atoms with E-state index in [1.807, 2.05) is 7.05 Å². The highest BCUT2D eigenvalue weighted by Crippen LogP contribution is 2.02. The summed E-state index contributed by atoms with van der Waals surface area (Å²) in [6.45, 7) is 1.99. The molecule has 0 aromatic carbocycles. The highest BCUT2D eigenvalue weighted by molar-refractivity contribution is 5.92. The van der Waals surface area contributed by atoms with Crippen LogP contribution in [0.2, 0.25) is 0 Å². The third-order valence-electron chi connectivity index (χ3n) is 2.33. The van der Waals surface area contributed by atoms with Gasteiger partial charge in [0.25, 0.3) is 0 Å². The number of hydrogen-bond donors (Lipinski definition) is 1. The van der Waals surface area contributed by atoms with E-state index in [1.165, 1.54) is 4.90 Å². The van der Waals surface area contributed by atoms with Gasteiger partial charge in [-0.15, -0.1) is 0 Å². The van der Waals surface area contributed by atoms with Crippen molar-refractivity contribution in [2.24, 2.45) is 0 Å². The second-order valence-electron chi connectivity index (χ2n) is 3.52. The lowest BCUT2D eigenvalue weighted by Crippen LogP contribution is -2.52. The Morgan fingerprint density at radius 3 is 2.64 bits per heavy atom. The molecule has 5 heteroatoms. The van der Waals surface area contributed by atoms with Crippen molar-refractivity contribution in [3.05, 3.63) is 0 Å². The van der Waals surface area contributed by atoms with Crippen LogP contribution in [0.25, 0.3) is 0 Å². The van der Waals surface area contributed by atoms with Gasteiger partial charge >= 0.3 is 0 Å². The maximum Gasteiger partial charge on any atom is 0.242 e. The molecule has 0 aromatic heterocycles. The van der Waals surface area contributed by atoms with Crippen LogP contribution in [0.5, 0.6) is 0 Å². The quantitative estimate of drug-likeness (QED) is 0.585. The average Bonchev–Trinajstić information content (AvgIpc) is 2.14. The molecule has 0 bridgehead atoms. The minimum Gasteiger partial charge on any atom is -0.335 e. The van der Waals surface area contributed by atoms with Gasteiger partial charge in [-0.05, 0) is 20.0 Å². The Hall–Kier alpha value is -1.10. The molecule has 5 nitrogen and oxygen atoms in total. The minimum absolute atomic E-state index is 0.0223. The molecule has 1 aliphatic heterocycles. The summed E-state index contributed by atoms with van der Waals surface area (Å²) >= 11 is 0. The van der Waals surface area contributed by atoms with E-state index in [0.717, 1.165) is 13.0 Å². The first-order valence-corrected chi connectivity index (χ1v) is 4.81. The normalized spacial score (nSPS) is 17.9. The van der Waals surface area contributed by atoms with Gasteiger partial charge in [0, 0.05) is 13.6 Å². The van der Waals surface area contributed by atoms with Gasteiger partial charge in [-0.2, -0.15) is 0 Å². The summed E-state index contributed by atoms with van der Waals surface area (Å²) < 4.78 is 0. The fourth-order valence-corrected chi connectivity index (χ4v) is 1.41. The Morgan fingerprint density at radius 1 is 1.29 bits per heavy atom. The van der Waals surface area contributed by atoms with Crippen LogP contribution in [0.3, 0.4) is 0 Å². The molecule has 14 heavy (non-hydrogen) atoms. The Kier molecular flexibility index (Phi) is 3.88. The number of nitrogens with zero attached hydrogens (tertiary/aromatic N) is 2. The van der Waals surface area contributed by atoms with E-state index in [4.69, 9.17) is 0 Å². The smallest absolute Gasteiger partial charge is 0.242 e. The van der Waals surface area contributed by atoms with Gasteiger partial charge in [0.2, 0.25) is 11.8 Å². The molecule has 0 aliphatic carbocycles. The Labute approximate surface area is 84.0 Å².